The van der Waals surface area contributed by atoms with E-state index in [4.69, 9.17) is 4.74 Å². The zero-order chi connectivity index (χ0) is 20.2. The van der Waals surface area contributed by atoms with E-state index in [9.17, 15) is 0 Å². The fourth-order valence-corrected chi connectivity index (χ4v) is 4.16. The summed E-state index contributed by atoms with van der Waals surface area (Å²) >= 11 is 1.70. The SMILES string of the molecule is COc1ccc(-c2nnc(SCc3ccccc3C)n2-c2ccc(C)cc2)cc1. The first kappa shape index (κ1) is 19.3. The molecule has 0 saturated heterocycles. The molecule has 0 saturated carbocycles. The van der Waals surface area contributed by atoms with E-state index in [1.807, 2.05) is 24.3 Å². The molecule has 0 amide bonds. The van der Waals surface area contributed by atoms with Gasteiger partial charge in [-0.3, -0.25) is 4.57 Å². The molecule has 0 unspecified atom stereocenters. The summed E-state index contributed by atoms with van der Waals surface area (Å²) in [6.45, 7) is 4.23. The minimum absolute atomic E-state index is 0.823. The van der Waals surface area contributed by atoms with E-state index in [1.54, 1.807) is 18.9 Å². The first-order chi connectivity index (χ1) is 14.2. The average molecular weight is 402 g/mol. The monoisotopic (exact) mass is 401 g/mol. The Labute approximate surface area is 175 Å². The predicted octanol–water partition coefficient (Wildman–Crippen LogP) is 5.85. The van der Waals surface area contributed by atoms with Crippen LogP contribution in [0, 0.1) is 13.8 Å². The van der Waals surface area contributed by atoms with Gasteiger partial charge < -0.3 is 4.74 Å². The Kier molecular flexibility index (Phi) is 5.67. The van der Waals surface area contributed by atoms with Gasteiger partial charge in [0, 0.05) is 17.0 Å². The number of benzene rings is 3. The summed E-state index contributed by atoms with van der Waals surface area (Å²) in [6.07, 6.45) is 0. The maximum atomic E-state index is 5.29. The van der Waals surface area contributed by atoms with Crippen molar-refractivity contribution in [3.05, 3.63) is 89.5 Å². The number of hydrogen-bond acceptors (Lipinski definition) is 4. The molecule has 0 atom stereocenters. The molecule has 1 heterocycles. The summed E-state index contributed by atoms with van der Waals surface area (Å²) in [7, 11) is 1.67. The number of aromatic nitrogens is 3. The van der Waals surface area contributed by atoms with E-state index < -0.39 is 0 Å². The van der Waals surface area contributed by atoms with Crippen molar-refractivity contribution >= 4 is 11.8 Å². The van der Waals surface area contributed by atoms with Crippen molar-refractivity contribution in [1.29, 1.82) is 0 Å². The highest BCUT2D eigenvalue weighted by Gasteiger charge is 2.16. The average Bonchev–Trinajstić information content (AvgIpc) is 3.18. The topological polar surface area (TPSA) is 39.9 Å². The summed E-state index contributed by atoms with van der Waals surface area (Å²) in [6, 6.07) is 24.8. The predicted molar refractivity (Wildman–Crippen MR) is 119 cm³/mol. The van der Waals surface area contributed by atoms with Crippen LogP contribution in [0.4, 0.5) is 0 Å². The maximum Gasteiger partial charge on any atom is 0.196 e. The van der Waals surface area contributed by atoms with Gasteiger partial charge in [-0.05, 0) is 61.4 Å². The molecule has 4 nitrogen and oxygen atoms in total. The molecular weight excluding hydrogens is 378 g/mol. The summed E-state index contributed by atoms with van der Waals surface area (Å²) in [5.74, 6) is 2.49. The maximum absolute atomic E-state index is 5.29. The van der Waals surface area contributed by atoms with Crippen molar-refractivity contribution in [2.24, 2.45) is 0 Å². The molecule has 4 rings (SSSR count). The van der Waals surface area contributed by atoms with Crippen LogP contribution in [-0.2, 0) is 5.75 Å². The lowest BCUT2D eigenvalue weighted by atomic mass is 10.1. The Morgan fingerprint density at radius 1 is 0.862 bits per heavy atom. The van der Waals surface area contributed by atoms with Gasteiger partial charge in [-0.25, -0.2) is 0 Å². The largest absolute Gasteiger partial charge is 0.497 e. The second-order valence-electron chi connectivity index (χ2n) is 6.92. The number of nitrogens with zero attached hydrogens (tertiary/aromatic N) is 3. The Hall–Kier alpha value is -3.05. The van der Waals surface area contributed by atoms with Crippen LogP contribution in [0.25, 0.3) is 17.1 Å². The molecule has 0 aliphatic rings. The molecule has 0 aliphatic heterocycles. The van der Waals surface area contributed by atoms with Gasteiger partial charge >= 0.3 is 0 Å². The quantitative estimate of drug-likeness (QED) is 0.380. The molecule has 29 heavy (non-hydrogen) atoms. The van der Waals surface area contributed by atoms with Crippen molar-refractivity contribution in [3.63, 3.8) is 0 Å². The van der Waals surface area contributed by atoms with Crippen molar-refractivity contribution in [2.75, 3.05) is 7.11 Å². The molecule has 1 aromatic heterocycles. The van der Waals surface area contributed by atoms with Crippen LogP contribution in [0.1, 0.15) is 16.7 Å². The lowest BCUT2D eigenvalue weighted by Crippen LogP contribution is -2.00. The van der Waals surface area contributed by atoms with E-state index in [0.717, 1.165) is 33.7 Å². The third kappa shape index (κ3) is 4.20. The van der Waals surface area contributed by atoms with Gasteiger partial charge in [0.15, 0.2) is 11.0 Å². The number of aryl methyl sites for hydroxylation is 2. The van der Waals surface area contributed by atoms with Crippen LogP contribution in [-0.4, -0.2) is 21.9 Å². The van der Waals surface area contributed by atoms with Crippen LogP contribution in [0.2, 0.25) is 0 Å². The lowest BCUT2D eigenvalue weighted by Gasteiger charge is -2.11. The third-order valence-corrected chi connectivity index (χ3v) is 5.87. The second-order valence-corrected chi connectivity index (χ2v) is 7.86. The zero-order valence-electron chi connectivity index (χ0n) is 16.8. The third-order valence-electron chi connectivity index (χ3n) is 4.89. The van der Waals surface area contributed by atoms with Gasteiger partial charge in [0.25, 0.3) is 0 Å². The summed E-state index contributed by atoms with van der Waals surface area (Å²) in [5, 5.41) is 9.93. The number of ether oxygens (including phenoxy) is 1. The number of hydrogen-bond donors (Lipinski definition) is 0. The van der Waals surface area contributed by atoms with E-state index >= 15 is 0 Å². The van der Waals surface area contributed by atoms with Crippen LogP contribution in [0.3, 0.4) is 0 Å². The highest BCUT2D eigenvalue weighted by atomic mass is 32.2. The smallest absolute Gasteiger partial charge is 0.196 e. The Balaban J connectivity index is 1.73. The van der Waals surface area contributed by atoms with Gasteiger partial charge in [-0.1, -0.05) is 53.7 Å². The van der Waals surface area contributed by atoms with Crippen LogP contribution in [0.5, 0.6) is 5.75 Å². The first-order valence-corrected chi connectivity index (χ1v) is 10.5. The number of methoxy groups -OCH3 is 1. The molecule has 4 aromatic rings. The van der Waals surface area contributed by atoms with Crippen LogP contribution in [0.15, 0.2) is 78.0 Å². The zero-order valence-corrected chi connectivity index (χ0v) is 17.6. The van der Waals surface area contributed by atoms with Gasteiger partial charge in [0.2, 0.25) is 0 Å². The number of thioether (sulfide) groups is 1. The molecule has 0 N–H and O–H groups in total. The molecule has 5 heteroatoms. The Morgan fingerprint density at radius 3 is 2.28 bits per heavy atom. The fourth-order valence-electron chi connectivity index (χ4n) is 3.13. The molecule has 146 valence electrons. The highest BCUT2D eigenvalue weighted by Crippen LogP contribution is 2.31. The standard InChI is InChI=1S/C24H23N3OS/c1-17-8-12-21(13-9-17)27-23(19-10-14-22(28-3)15-11-19)25-26-24(27)29-16-20-7-5-4-6-18(20)2/h4-15H,16H2,1-3H3. The van der Waals surface area contributed by atoms with Gasteiger partial charge in [-0.2, -0.15) is 0 Å². The molecule has 3 aromatic carbocycles. The molecule has 0 radical (unpaired) electrons. The Bertz CT molecular complexity index is 1100. The highest BCUT2D eigenvalue weighted by molar-refractivity contribution is 7.98. The molecule has 0 bridgehead atoms. The minimum Gasteiger partial charge on any atom is -0.497 e. The fraction of sp³-hybridized carbons (Fsp3) is 0.167. The van der Waals surface area contributed by atoms with E-state index in [2.05, 4.69) is 77.1 Å². The number of rotatable bonds is 6. The Morgan fingerprint density at radius 2 is 1.59 bits per heavy atom. The summed E-state index contributed by atoms with van der Waals surface area (Å²) in [4.78, 5) is 0. The van der Waals surface area contributed by atoms with Crippen LogP contribution >= 0.6 is 11.8 Å². The van der Waals surface area contributed by atoms with Crippen molar-refractivity contribution in [1.82, 2.24) is 14.8 Å². The summed E-state index contributed by atoms with van der Waals surface area (Å²) < 4.78 is 7.42. The van der Waals surface area contributed by atoms with Crippen LogP contribution < -0.4 is 4.74 Å². The van der Waals surface area contributed by atoms with Crippen molar-refractivity contribution in [3.8, 4) is 22.8 Å². The molecule has 0 fully saturated rings. The molecule has 0 spiro atoms. The second kappa shape index (κ2) is 8.53. The van der Waals surface area contributed by atoms with Gasteiger partial charge in [-0.15, -0.1) is 10.2 Å². The summed E-state index contributed by atoms with van der Waals surface area (Å²) in [5.41, 5.74) is 5.88. The van der Waals surface area contributed by atoms with Crippen molar-refractivity contribution in [2.45, 2.75) is 24.8 Å². The first-order valence-electron chi connectivity index (χ1n) is 9.50. The molecule has 0 aliphatic carbocycles. The van der Waals surface area contributed by atoms with Gasteiger partial charge in [0.05, 0.1) is 7.11 Å². The van der Waals surface area contributed by atoms with Crippen molar-refractivity contribution < 1.29 is 4.74 Å². The molecular formula is C24H23N3OS. The lowest BCUT2D eigenvalue weighted by molar-refractivity contribution is 0.415. The van der Waals surface area contributed by atoms with E-state index in [0.29, 0.717) is 0 Å². The minimum atomic E-state index is 0.823. The van der Waals surface area contributed by atoms with E-state index in [-0.39, 0.29) is 0 Å². The normalized spacial score (nSPS) is 10.9. The van der Waals surface area contributed by atoms with Gasteiger partial charge in [0.1, 0.15) is 5.75 Å². The van der Waals surface area contributed by atoms with E-state index in [1.165, 1.54) is 16.7 Å².